The summed E-state index contributed by atoms with van der Waals surface area (Å²) in [6.07, 6.45) is 2.90. The fourth-order valence-corrected chi connectivity index (χ4v) is 0.223. The molecule has 0 atom stereocenters. The minimum atomic E-state index is 0.500. The number of nitrogens with two attached hydrogens (primary N) is 2. The summed E-state index contributed by atoms with van der Waals surface area (Å²) in [5.74, 6) is 0.500. The lowest BCUT2D eigenvalue weighted by atomic mass is 10.6. The van der Waals surface area contributed by atoms with Gasteiger partial charge in [-0.05, 0) is 6.20 Å². The minimum Gasteiger partial charge on any atom is -0.402 e. The fourth-order valence-electron chi connectivity index (χ4n) is 0.223. The summed E-state index contributed by atoms with van der Waals surface area (Å²) in [5, 5.41) is 0. The molecular formula is C5H11N3. The van der Waals surface area contributed by atoms with Gasteiger partial charge in [0.15, 0.2) is 0 Å². The van der Waals surface area contributed by atoms with E-state index in [0.717, 1.165) is 0 Å². The SMILES string of the molecule is C=CN(C)/C(N)=C\N. The summed E-state index contributed by atoms with van der Waals surface area (Å²) < 4.78 is 0. The van der Waals surface area contributed by atoms with Gasteiger partial charge in [0.05, 0.1) is 0 Å². The van der Waals surface area contributed by atoms with E-state index < -0.39 is 0 Å². The normalized spacial score (nSPS) is 10.9. The second kappa shape index (κ2) is 2.96. The molecule has 0 aliphatic heterocycles. The zero-order valence-corrected chi connectivity index (χ0v) is 4.96. The van der Waals surface area contributed by atoms with Crippen LogP contribution in [0.2, 0.25) is 0 Å². The first-order valence-electron chi connectivity index (χ1n) is 2.25. The molecule has 0 rings (SSSR count). The van der Waals surface area contributed by atoms with E-state index in [9.17, 15) is 0 Å². The van der Waals surface area contributed by atoms with Crippen LogP contribution < -0.4 is 11.5 Å². The number of hydrogen-bond donors (Lipinski definition) is 2. The average molecular weight is 113 g/mol. The van der Waals surface area contributed by atoms with Gasteiger partial charge in [-0.2, -0.15) is 0 Å². The van der Waals surface area contributed by atoms with Gasteiger partial charge in [0.2, 0.25) is 0 Å². The molecule has 0 aliphatic rings. The third kappa shape index (κ3) is 1.55. The predicted octanol–water partition coefficient (Wildman–Crippen LogP) is -0.222. The van der Waals surface area contributed by atoms with Crippen molar-refractivity contribution in [3.05, 3.63) is 24.8 Å². The molecule has 0 aliphatic carbocycles. The van der Waals surface area contributed by atoms with Gasteiger partial charge in [-0.1, -0.05) is 6.58 Å². The van der Waals surface area contributed by atoms with E-state index in [0.29, 0.717) is 5.82 Å². The lowest BCUT2D eigenvalue weighted by Gasteiger charge is -2.10. The predicted molar refractivity (Wildman–Crippen MR) is 34.4 cm³/mol. The average Bonchev–Trinajstić information content (AvgIpc) is 1.84. The van der Waals surface area contributed by atoms with E-state index in [1.54, 1.807) is 18.1 Å². The van der Waals surface area contributed by atoms with Gasteiger partial charge < -0.3 is 16.4 Å². The molecule has 0 aromatic rings. The molecule has 0 heterocycles. The Labute approximate surface area is 49.3 Å². The molecule has 0 unspecified atom stereocenters. The Morgan fingerprint density at radius 1 is 1.75 bits per heavy atom. The van der Waals surface area contributed by atoms with Crippen molar-refractivity contribution in [1.82, 2.24) is 4.90 Å². The molecule has 3 nitrogen and oxygen atoms in total. The highest BCUT2D eigenvalue weighted by Gasteiger charge is 1.87. The molecule has 0 aromatic heterocycles. The van der Waals surface area contributed by atoms with E-state index in [-0.39, 0.29) is 0 Å². The lowest BCUT2D eigenvalue weighted by Crippen LogP contribution is -2.18. The van der Waals surface area contributed by atoms with Gasteiger partial charge in [0, 0.05) is 13.2 Å². The number of hydrogen-bond acceptors (Lipinski definition) is 3. The summed E-state index contributed by atoms with van der Waals surface area (Å²) in [6.45, 7) is 3.48. The standard InChI is InChI=1S/C5H11N3/c1-3-8(2)5(7)4-6/h3-4H,1,6-7H2,2H3/b5-4-. The minimum absolute atomic E-state index is 0.500. The zero-order chi connectivity index (χ0) is 6.57. The van der Waals surface area contributed by atoms with Crippen LogP contribution in [0.1, 0.15) is 0 Å². The lowest BCUT2D eigenvalue weighted by molar-refractivity contribution is 0.561. The van der Waals surface area contributed by atoms with Crippen molar-refractivity contribution in [1.29, 1.82) is 0 Å². The highest BCUT2D eigenvalue weighted by Crippen LogP contribution is 1.87. The van der Waals surface area contributed by atoms with Gasteiger partial charge in [0.25, 0.3) is 0 Å². The van der Waals surface area contributed by atoms with E-state index >= 15 is 0 Å². The quantitative estimate of drug-likeness (QED) is 0.520. The maximum absolute atomic E-state index is 5.32. The van der Waals surface area contributed by atoms with E-state index in [4.69, 9.17) is 11.5 Å². The third-order valence-electron chi connectivity index (χ3n) is 0.852. The summed E-state index contributed by atoms with van der Waals surface area (Å²) in [4.78, 5) is 1.62. The van der Waals surface area contributed by atoms with Crippen molar-refractivity contribution in [3.63, 3.8) is 0 Å². The molecular weight excluding hydrogens is 102 g/mol. The molecule has 0 fully saturated rings. The van der Waals surface area contributed by atoms with Crippen molar-refractivity contribution in [2.75, 3.05) is 7.05 Å². The van der Waals surface area contributed by atoms with Crippen molar-refractivity contribution in [2.24, 2.45) is 11.5 Å². The van der Waals surface area contributed by atoms with Gasteiger partial charge in [-0.15, -0.1) is 0 Å². The second-order valence-electron chi connectivity index (χ2n) is 1.39. The molecule has 8 heavy (non-hydrogen) atoms. The van der Waals surface area contributed by atoms with Gasteiger partial charge >= 0.3 is 0 Å². The first-order valence-corrected chi connectivity index (χ1v) is 2.25. The van der Waals surface area contributed by atoms with Gasteiger partial charge in [-0.25, -0.2) is 0 Å². The molecule has 0 saturated heterocycles. The Bertz CT molecular complexity index is 106. The highest BCUT2D eigenvalue weighted by molar-refractivity contribution is 4.95. The summed E-state index contributed by atoms with van der Waals surface area (Å²) in [7, 11) is 1.77. The molecule has 0 bridgehead atoms. The highest BCUT2D eigenvalue weighted by atomic mass is 15.2. The van der Waals surface area contributed by atoms with E-state index in [1.165, 1.54) is 6.20 Å². The zero-order valence-electron chi connectivity index (χ0n) is 4.96. The maximum atomic E-state index is 5.32. The van der Waals surface area contributed by atoms with E-state index in [1.807, 2.05) is 0 Å². The third-order valence-corrected chi connectivity index (χ3v) is 0.852. The van der Waals surface area contributed by atoms with Crippen LogP contribution in [0.3, 0.4) is 0 Å². The molecule has 0 amide bonds. The molecule has 4 N–H and O–H groups in total. The van der Waals surface area contributed by atoms with Crippen LogP contribution in [0.5, 0.6) is 0 Å². The van der Waals surface area contributed by atoms with Gasteiger partial charge in [0.1, 0.15) is 5.82 Å². The maximum Gasteiger partial charge on any atom is 0.118 e. The van der Waals surface area contributed by atoms with Crippen LogP contribution in [0.15, 0.2) is 24.8 Å². The van der Waals surface area contributed by atoms with Crippen LogP contribution in [0.4, 0.5) is 0 Å². The van der Waals surface area contributed by atoms with Gasteiger partial charge in [-0.3, -0.25) is 0 Å². The van der Waals surface area contributed by atoms with Crippen LogP contribution in [0, 0.1) is 0 Å². The fraction of sp³-hybridized carbons (Fsp3) is 0.200. The summed E-state index contributed by atoms with van der Waals surface area (Å²) in [5.41, 5.74) is 10.4. The van der Waals surface area contributed by atoms with Crippen molar-refractivity contribution in [2.45, 2.75) is 0 Å². The van der Waals surface area contributed by atoms with Crippen LogP contribution in [-0.2, 0) is 0 Å². The first kappa shape index (κ1) is 6.88. The van der Waals surface area contributed by atoms with Crippen molar-refractivity contribution >= 4 is 0 Å². The Kier molecular flexibility index (Phi) is 2.54. The molecule has 3 heteroatoms. The molecule has 46 valence electrons. The van der Waals surface area contributed by atoms with E-state index in [2.05, 4.69) is 6.58 Å². The topological polar surface area (TPSA) is 55.3 Å². The molecule has 0 saturated carbocycles. The van der Waals surface area contributed by atoms with Crippen molar-refractivity contribution < 1.29 is 0 Å². The first-order chi connectivity index (χ1) is 3.72. The summed E-state index contributed by atoms with van der Waals surface area (Å²) >= 11 is 0. The number of nitrogens with zero attached hydrogens (tertiary/aromatic N) is 1. The second-order valence-corrected chi connectivity index (χ2v) is 1.39. The van der Waals surface area contributed by atoms with Crippen LogP contribution >= 0.6 is 0 Å². The molecule has 0 radical (unpaired) electrons. The Morgan fingerprint density at radius 2 is 2.25 bits per heavy atom. The van der Waals surface area contributed by atoms with Crippen LogP contribution in [-0.4, -0.2) is 11.9 Å². The molecule has 0 spiro atoms. The monoisotopic (exact) mass is 113 g/mol. The Balaban J connectivity index is 3.81. The van der Waals surface area contributed by atoms with Crippen molar-refractivity contribution in [3.8, 4) is 0 Å². The summed E-state index contributed by atoms with van der Waals surface area (Å²) in [6, 6.07) is 0. The number of rotatable bonds is 2. The van der Waals surface area contributed by atoms with Crippen LogP contribution in [0.25, 0.3) is 0 Å². The Hall–Kier alpha value is -1.12. The smallest absolute Gasteiger partial charge is 0.118 e. The largest absolute Gasteiger partial charge is 0.402 e. The Morgan fingerprint density at radius 3 is 2.38 bits per heavy atom. The molecule has 0 aromatic carbocycles.